The van der Waals surface area contributed by atoms with Crippen molar-refractivity contribution in [2.75, 3.05) is 5.32 Å². The Balaban J connectivity index is 1.92. The van der Waals surface area contributed by atoms with Crippen LogP contribution in [0.5, 0.6) is 0 Å². The number of nitrogens with one attached hydrogen (secondary N) is 1. The van der Waals surface area contributed by atoms with E-state index in [2.05, 4.69) is 14.9 Å². The van der Waals surface area contributed by atoms with Gasteiger partial charge < -0.3 is 11.1 Å². The molecule has 0 saturated carbocycles. The molecule has 6 heteroatoms. The molecular weight excluding hydrogens is 236 g/mol. The summed E-state index contributed by atoms with van der Waals surface area (Å²) in [4.78, 5) is 11.7. The zero-order valence-corrected chi connectivity index (χ0v) is 9.85. The van der Waals surface area contributed by atoms with Gasteiger partial charge in [0.2, 0.25) is 5.91 Å². The van der Waals surface area contributed by atoms with Crippen LogP contribution in [0.1, 0.15) is 5.56 Å². The van der Waals surface area contributed by atoms with Crippen LogP contribution in [0, 0.1) is 0 Å². The van der Waals surface area contributed by atoms with E-state index >= 15 is 0 Å². The summed E-state index contributed by atoms with van der Waals surface area (Å²) < 4.78 is 3.65. The normalized spacial score (nSPS) is 12.1. The van der Waals surface area contributed by atoms with Gasteiger partial charge in [0.1, 0.15) is 5.00 Å². The molecule has 1 atom stereocenters. The number of carbonyl (C=O) groups is 1. The third kappa shape index (κ3) is 3.33. The minimum absolute atomic E-state index is 0.222. The first-order valence-electron chi connectivity index (χ1n) is 5.13. The first-order chi connectivity index (χ1) is 8.25. The number of nitrogens with two attached hydrogens (primary N) is 1. The Labute approximate surface area is 103 Å². The van der Waals surface area contributed by atoms with Gasteiger partial charge in [-0.3, -0.25) is 4.79 Å². The number of hydrogen-bond acceptors (Lipinski definition) is 5. The van der Waals surface area contributed by atoms with Crippen molar-refractivity contribution in [1.29, 1.82) is 0 Å². The summed E-state index contributed by atoms with van der Waals surface area (Å²) in [5.41, 5.74) is 6.86. The second-order valence-electron chi connectivity index (χ2n) is 3.57. The molecule has 0 radical (unpaired) electrons. The van der Waals surface area contributed by atoms with Crippen molar-refractivity contribution in [1.82, 2.24) is 9.59 Å². The molecule has 1 aromatic heterocycles. The van der Waals surface area contributed by atoms with Crippen molar-refractivity contribution in [3.05, 3.63) is 42.1 Å². The third-order valence-corrected chi connectivity index (χ3v) is 2.82. The lowest BCUT2D eigenvalue weighted by Gasteiger charge is -2.10. The summed E-state index contributed by atoms with van der Waals surface area (Å²) in [5, 5.41) is 6.91. The summed E-state index contributed by atoms with van der Waals surface area (Å²) in [6.45, 7) is 0. The second-order valence-corrected chi connectivity index (χ2v) is 4.35. The van der Waals surface area contributed by atoms with Crippen LogP contribution in [-0.2, 0) is 11.2 Å². The first kappa shape index (κ1) is 11.7. The summed E-state index contributed by atoms with van der Waals surface area (Å²) in [6.07, 6.45) is 2.01. The van der Waals surface area contributed by atoms with Crippen molar-refractivity contribution in [3.63, 3.8) is 0 Å². The Morgan fingerprint density at radius 3 is 2.82 bits per heavy atom. The van der Waals surface area contributed by atoms with Crippen LogP contribution < -0.4 is 11.1 Å². The highest BCUT2D eigenvalue weighted by Crippen LogP contribution is 2.10. The molecule has 0 saturated heterocycles. The molecule has 17 heavy (non-hydrogen) atoms. The number of amides is 1. The van der Waals surface area contributed by atoms with Crippen LogP contribution >= 0.6 is 11.5 Å². The van der Waals surface area contributed by atoms with E-state index in [0.29, 0.717) is 11.4 Å². The fraction of sp³-hybridized carbons (Fsp3) is 0.182. The van der Waals surface area contributed by atoms with Gasteiger partial charge in [-0.15, -0.1) is 5.10 Å². The van der Waals surface area contributed by atoms with Gasteiger partial charge in [0.05, 0.1) is 12.2 Å². The largest absolute Gasteiger partial charge is 0.320 e. The number of aromatic nitrogens is 2. The molecule has 2 rings (SSSR count). The highest BCUT2D eigenvalue weighted by atomic mass is 32.1. The zero-order valence-electron chi connectivity index (χ0n) is 9.04. The molecule has 2 aromatic rings. The fourth-order valence-electron chi connectivity index (χ4n) is 1.40. The number of carbonyl (C=O) groups excluding carboxylic acids is 1. The Hall–Kier alpha value is -1.79. The maximum absolute atomic E-state index is 11.7. The molecule has 1 heterocycles. The maximum Gasteiger partial charge on any atom is 0.242 e. The summed E-state index contributed by atoms with van der Waals surface area (Å²) >= 11 is 1.13. The average molecular weight is 248 g/mol. The number of hydrogen-bond donors (Lipinski definition) is 2. The summed E-state index contributed by atoms with van der Waals surface area (Å²) in [7, 11) is 0. The Morgan fingerprint density at radius 2 is 2.18 bits per heavy atom. The van der Waals surface area contributed by atoms with E-state index < -0.39 is 6.04 Å². The monoisotopic (exact) mass is 248 g/mol. The third-order valence-electron chi connectivity index (χ3n) is 2.24. The SMILES string of the molecule is N[C@@H](Cc1ccccc1)C(=O)Nc1cnns1. The van der Waals surface area contributed by atoms with E-state index in [-0.39, 0.29) is 5.91 Å². The maximum atomic E-state index is 11.7. The molecule has 0 bridgehead atoms. The lowest BCUT2D eigenvalue weighted by molar-refractivity contribution is -0.117. The van der Waals surface area contributed by atoms with Gasteiger partial charge in [0.15, 0.2) is 0 Å². The standard InChI is InChI=1S/C11H12N4OS/c12-9(6-8-4-2-1-3-5-8)11(16)14-10-7-13-15-17-10/h1-5,7,9H,6,12H2,(H,14,16)/t9-/m0/s1. The second kappa shape index (κ2) is 5.51. The lowest BCUT2D eigenvalue weighted by Crippen LogP contribution is -2.37. The van der Waals surface area contributed by atoms with Crippen LogP contribution in [0.25, 0.3) is 0 Å². The van der Waals surface area contributed by atoms with E-state index in [1.54, 1.807) is 0 Å². The van der Waals surface area contributed by atoms with Crippen LogP contribution in [0.15, 0.2) is 36.5 Å². The number of benzene rings is 1. The van der Waals surface area contributed by atoms with E-state index in [1.165, 1.54) is 6.20 Å². The van der Waals surface area contributed by atoms with E-state index in [0.717, 1.165) is 17.1 Å². The van der Waals surface area contributed by atoms with E-state index in [9.17, 15) is 4.79 Å². The summed E-state index contributed by atoms with van der Waals surface area (Å²) in [5.74, 6) is -0.222. The molecule has 1 amide bonds. The predicted octanol–water partition coefficient (Wildman–Crippen LogP) is 1.05. The molecule has 0 fully saturated rings. The highest BCUT2D eigenvalue weighted by molar-refractivity contribution is 7.10. The minimum Gasteiger partial charge on any atom is -0.320 e. The average Bonchev–Trinajstić information content (AvgIpc) is 2.83. The van der Waals surface area contributed by atoms with Crippen LogP contribution in [0.3, 0.4) is 0 Å². The first-order valence-corrected chi connectivity index (χ1v) is 5.91. The van der Waals surface area contributed by atoms with Gasteiger partial charge in [0.25, 0.3) is 0 Å². The van der Waals surface area contributed by atoms with Crippen molar-refractivity contribution in [2.45, 2.75) is 12.5 Å². The Kier molecular flexibility index (Phi) is 3.79. The van der Waals surface area contributed by atoms with Gasteiger partial charge in [0, 0.05) is 11.5 Å². The van der Waals surface area contributed by atoms with Crippen molar-refractivity contribution >= 4 is 22.4 Å². The molecular formula is C11H12N4OS. The van der Waals surface area contributed by atoms with Crippen LogP contribution in [0.4, 0.5) is 5.00 Å². The molecule has 0 aliphatic carbocycles. The molecule has 3 N–H and O–H groups in total. The molecule has 0 aliphatic rings. The van der Waals surface area contributed by atoms with Crippen molar-refractivity contribution < 1.29 is 4.79 Å². The molecule has 5 nitrogen and oxygen atoms in total. The minimum atomic E-state index is -0.570. The molecule has 1 aromatic carbocycles. The van der Waals surface area contributed by atoms with Gasteiger partial charge in [-0.25, -0.2) is 0 Å². The molecule has 88 valence electrons. The number of anilines is 1. The Bertz CT molecular complexity index is 471. The quantitative estimate of drug-likeness (QED) is 0.847. The zero-order chi connectivity index (χ0) is 12.1. The smallest absolute Gasteiger partial charge is 0.242 e. The van der Waals surface area contributed by atoms with Gasteiger partial charge in [-0.2, -0.15) is 0 Å². The van der Waals surface area contributed by atoms with Gasteiger partial charge >= 0.3 is 0 Å². The van der Waals surface area contributed by atoms with Crippen LogP contribution in [0.2, 0.25) is 0 Å². The summed E-state index contributed by atoms with van der Waals surface area (Å²) in [6, 6.07) is 9.10. The van der Waals surface area contributed by atoms with Crippen molar-refractivity contribution in [3.8, 4) is 0 Å². The molecule has 0 unspecified atom stereocenters. The van der Waals surface area contributed by atoms with Crippen molar-refractivity contribution in [2.24, 2.45) is 5.73 Å². The van der Waals surface area contributed by atoms with Gasteiger partial charge in [-0.1, -0.05) is 34.8 Å². The van der Waals surface area contributed by atoms with Crippen LogP contribution in [-0.4, -0.2) is 21.5 Å². The number of nitrogens with zero attached hydrogens (tertiary/aromatic N) is 2. The topological polar surface area (TPSA) is 80.9 Å². The Morgan fingerprint density at radius 1 is 1.41 bits per heavy atom. The predicted molar refractivity (Wildman–Crippen MR) is 66.7 cm³/mol. The highest BCUT2D eigenvalue weighted by Gasteiger charge is 2.14. The van der Waals surface area contributed by atoms with E-state index in [1.807, 2.05) is 30.3 Å². The lowest BCUT2D eigenvalue weighted by atomic mass is 10.1. The van der Waals surface area contributed by atoms with E-state index in [4.69, 9.17) is 5.73 Å². The molecule has 0 spiro atoms. The van der Waals surface area contributed by atoms with Gasteiger partial charge in [-0.05, 0) is 12.0 Å². The number of rotatable bonds is 4. The fourth-order valence-corrected chi connectivity index (χ4v) is 1.82. The molecule has 0 aliphatic heterocycles.